The number of nitrogens with zero attached hydrogens (tertiary/aromatic N) is 6. The van der Waals surface area contributed by atoms with Crippen LogP contribution in [0.2, 0.25) is 0 Å². The lowest BCUT2D eigenvalue weighted by molar-refractivity contribution is -0.0395. The number of aliphatic hydroxyl groups is 1. The molecule has 1 N–H and O–H groups in total. The van der Waals surface area contributed by atoms with E-state index in [1.165, 1.54) is 0 Å². The third-order valence-electron chi connectivity index (χ3n) is 7.90. The zero-order chi connectivity index (χ0) is 25.4. The first-order valence-corrected chi connectivity index (χ1v) is 12.7. The second-order valence-corrected chi connectivity index (χ2v) is 9.99. The summed E-state index contributed by atoms with van der Waals surface area (Å²) in [5.74, 6) is 0. The fraction of sp³-hybridized carbons (Fsp3) is 0.393. The summed E-state index contributed by atoms with van der Waals surface area (Å²) < 4.78 is 6.92. The van der Waals surface area contributed by atoms with Crippen molar-refractivity contribution in [3.63, 3.8) is 0 Å². The van der Waals surface area contributed by atoms with Gasteiger partial charge in [-0.2, -0.15) is 5.26 Å². The second-order valence-electron chi connectivity index (χ2n) is 9.99. The first kappa shape index (κ1) is 23.7. The molecule has 9 heteroatoms. The summed E-state index contributed by atoms with van der Waals surface area (Å²) in [6.07, 6.45) is 7.69. The summed E-state index contributed by atoms with van der Waals surface area (Å²) in [7, 11) is 0. The van der Waals surface area contributed by atoms with Gasteiger partial charge in [-0.3, -0.25) is 24.2 Å². The number of piperidine rings is 1. The number of likely N-dealkylation sites (tertiary alicyclic amines) is 1. The Balaban J connectivity index is 1.35. The standard InChI is InChI=1S/C28H28N6O3/c29-17-28(25-14-30-8-9-31-25)6-10-33(11-7-28)15-19-13-22-26(21-4-2-1-3-20(19)21)32-18-34(27(22)36)23-5-12-37-16-24(23)35/h1-4,8-9,13-14,18,23-24,35H,5-7,10-12,15-16H2/t23-,24-/m0/s1. The molecule has 2 fully saturated rings. The van der Waals surface area contributed by atoms with Crippen LogP contribution in [0.5, 0.6) is 0 Å². The van der Waals surface area contributed by atoms with Crippen molar-refractivity contribution in [3.8, 4) is 6.07 Å². The Hall–Kier alpha value is -3.71. The van der Waals surface area contributed by atoms with E-state index >= 15 is 0 Å². The summed E-state index contributed by atoms with van der Waals surface area (Å²) >= 11 is 0. The summed E-state index contributed by atoms with van der Waals surface area (Å²) in [6, 6.07) is 12.2. The zero-order valence-corrected chi connectivity index (χ0v) is 20.5. The first-order valence-electron chi connectivity index (χ1n) is 12.7. The van der Waals surface area contributed by atoms with Gasteiger partial charge >= 0.3 is 0 Å². The quantitative estimate of drug-likeness (QED) is 0.429. The van der Waals surface area contributed by atoms with E-state index in [4.69, 9.17) is 4.74 Å². The van der Waals surface area contributed by atoms with Gasteiger partial charge in [0.2, 0.25) is 0 Å². The van der Waals surface area contributed by atoms with Gasteiger partial charge in [0.05, 0.1) is 53.9 Å². The maximum atomic E-state index is 13.7. The lowest BCUT2D eigenvalue weighted by Gasteiger charge is -2.36. The van der Waals surface area contributed by atoms with Gasteiger partial charge in [-0.25, -0.2) is 4.98 Å². The second kappa shape index (κ2) is 9.63. The number of nitriles is 1. The van der Waals surface area contributed by atoms with E-state index in [0.29, 0.717) is 43.3 Å². The van der Waals surface area contributed by atoms with Gasteiger partial charge in [0.25, 0.3) is 5.56 Å². The summed E-state index contributed by atoms with van der Waals surface area (Å²) in [6.45, 7) is 2.85. The Morgan fingerprint density at radius 3 is 2.68 bits per heavy atom. The van der Waals surface area contributed by atoms with Gasteiger partial charge < -0.3 is 9.84 Å². The van der Waals surface area contributed by atoms with Crippen LogP contribution >= 0.6 is 0 Å². The highest BCUT2D eigenvalue weighted by Gasteiger charge is 2.38. The molecular weight excluding hydrogens is 468 g/mol. The van der Waals surface area contributed by atoms with Gasteiger partial charge in [0.15, 0.2) is 0 Å². The number of aromatic nitrogens is 4. The molecule has 2 aliphatic heterocycles. The highest BCUT2D eigenvalue weighted by Crippen LogP contribution is 2.35. The fourth-order valence-electron chi connectivity index (χ4n) is 5.76. The Kier molecular flexibility index (Phi) is 6.16. The molecule has 0 spiro atoms. The lowest BCUT2D eigenvalue weighted by atomic mass is 9.77. The van der Waals surface area contributed by atoms with E-state index in [2.05, 4.69) is 32.0 Å². The number of aliphatic hydroxyl groups excluding tert-OH is 1. The minimum absolute atomic E-state index is 0.146. The van der Waals surface area contributed by atoms with E-state index in [1.54, 1.807) is 29.5 Å². The monoisotopic (exact) mass is 496 g/mol. The molecule has 0 amide bonds. The molecule has 6 rings (SSSR count). The van der Waals surface area contributed by atoms with Crippen molar-refractivity contribution < 1.29 is 9.84 Å². The summed E-state index contributed by atoms with van der Waals surface area (Å²) in [5.41, 5.74) is 1.68. The molecule has 2 aromatic carbocycles. The largest absolute Gasteiger partial charge is 0.389 e. The Labute approximate surface area is 214 Å². The Morgan fingerprint density at radius 1 is 1.14 bits per heavy atom. The fourth-order valence-corrected chi connectivity index (χ4v) is 5.76. The van der Waals surface area contributed by atoms with E-state index in [0.717, 1.165) is 35.1 Å². The molecule has 4 aromatic rings. The molecule has 0 bridgehead atoms. The summed E-state index contributed by atoms with van der Waals surface area (Å²) in [4.78, 5) is 29.2. The number of hydrogen-bond donors (Lipinski definition) is 1. The molecule has 0 aliphatic carbocycles. The van der Waals surface area contributed by atoms with Gasteiger partial charge in [-0.15, -0.1) is 0 Å². The van der Waals surface area contributed by atoms with Crippen LogP contribution in [0, 0.1) is 11.3 Å². The molecule has 2 saturated heterocycles. The number of ether oxygens (including phenoxy) is 1. The molecule has 4 heterocycles. The highest BCUT2D eigenvalue weighted by atomic mass is 16.5. The number of rotatable bonds is 4. The van der Waals surface area contributed by atoms with Crippen molar-refractivity contribution in [1.82, 2.24) is 24.4 Å². The maximum absolute atomic E-state index is 13.7. The van der Waals surface area contributed by atoms with Crippen molar-refractivity contribution in [1.29, 1.82) is 5.26 Å². The van der Waals surface area contributed by atoms with Gasteiger partial charge in [0, 0.05) is 44.0 Å². The van der Waals surface area contributed by atoms with Crippen LogP contribution in [-0.4, -0.2) is 61.9 Å². The van der Waals surface area contributed by atoms with Crippen LogP contribution < -0.4 is 5.56 Å². The van der Waals surface area contributed by atoms with Crippen LogP contribution in [0.15, 0.2) is 60.0 Å². The predicted octanol–water partition coefficient (Wildman–Crippen LogP) is 2.72. The molecule has 2 aliphatic rings. The van der Waals surface area contributed by atoms with Gasteiger partial charge in [-0.1, -0.05) is 24.3 Å². The SMILES string of the molecule is N#CC1(c2cnccn2)CCN(Cc2cc3c(=O)n([C@H]4CCOC[C@@H]4O)cnc3c3ccccc23)CC1. The maximum Gasteiger partial charge on any atom is 0.261 e. The van der Waals surface area contributed by atoms with Gasteiger partial charge in [-0.05, 0) is 36.3 Å². The smallest absolute Gasteiger partial charge is 0.261 e. The molecule has 2 atom stereocenters. The minimum Gasteiger partial charge on any atom is -0.389 e. The average molecular weight is 497 g/mol. The number of fused-ring (bicyclic) bond motifs is 3. The van der Waals surface area contributed by atoms with Crippen LogP contribution in [0.1, 0.15) is 36.6 Å². The average Bonchev–Trinajstić information content (AvgIpc) is 2.95. The summed E-state index contributed by atoms with van der Waals surface area (Å²) in [5, 5.41) is 23.0. The van der Waals surface area contributed by atoms with E-state index in [9.17, 15) is 15.2 Å². The third kappa shape index (κ3) is 4.17. The molecule has 0 unspecified atom stereocenters. The van der Waals surface area contributed by atoms with Crippen molar-refractivity contribution >= 4 is 21.7 Å². The van der Waals surface area contributed by atoms with Crippen LogP contribution in [0.25, 0.3) is 21.7 Å². The zero-order valence-electron chi connectivity index (χ0n) is 20.5. The molecule has 2 aromatic heterocycles. The van der Waals surface area contributed by atoms with Crippen molar-refractivity contribution in [2.45, 2.75) is 43.4 Å². The third-order valence-corrected chi connectivity index (χ3v) is 7.90. The highest BCUT2D eigenvalue weighted by molar-refractivity contribution is 6.06. The molecule has 9 nitrogen and oxygen atoms in total. The van der Waals surface area contributed by atoms with Crippen molar-refractivity contribution in [3.05, 3.63) is 76.9 Å². The minimum atomic E-state index is -0.742. The molecular formula is C28H28N6O3. The molecule has 0 radical (unpaired) electrons. The topological polar surface area (TPSA) is 117 Å². The van der Waals surface area contributed by atoms with E-state index in [-0.39, 0.29) is 18.2 Å². The first-order chi connectivity index (χ1) is 18.1. The van der Waals surface area contributed by atoms with Crippen LogP contribution in [0.3, 0.4) is 0 Å². The van der Waals surface area contributed by atoms with Crippen molar-refractivity contribution in [2.75, 3.05) is 26.3 Å². The normalized spacial score (nSPS) is 22.2. The molecule has 0 saturated carbocycles. The lowest BCUT2D eigenvalue weighted by Crippen LogP contribution is -2.42. The Bertz CT molecular complexity index is 1540. The number of benzene rings is 2. The van der Waals surface area contributed by atoms with Gasteiger partial charge in [0.1, 0.15) is 5.41 Å². The van der Waals surface area contributed by atoms with Crippen molar-refractivity contribution in [2.24, 2.45) is 0 Å². The number of hydrogen-bond acceptors (Lipinski definition) is 8. The van der Waals surface area contributed by atoms with Crippen LogP contribution in [-0.2, 0) is 16.7 Å². The molecule has 37 heavy (non-hydrogen) atoms. The predicted molar refractivity (Wildman–Crippen MR) is 138 cm³/mol. The van der Waals surface area contributed by atoms with E-state index < -0.39 is 11.5 Å². The molecule has 188 valence electrons. The Morgan fingerprint density at radius 2 is 1.95 bits per heavy atom. The van der Waals surface area contributed by atoms with Crippen LogP contribution in [0.4, 0.5) is 0 Å². The van der Waals surface area contributed by atoms with E-state index in [1.807, 2.05) is 24.3 Å².